The molecule has 4 nitrogen and oxygen atoms in total. The highest BCUT2D eigenvalue weighted by Gasteiger charge is 2.34. The van der Waals surface area contributed by atoms with Crippen molar-refractivity contribution in [3.63, 3.8) is 0 Å². The summed E-state index contributed by atoms with van der Waals surface area (Å²) in [4.78, 5) is 15.2. The number of carbonyl (C=O) groups excluding carboxylic acids is 1. The Bertz CT molecular complexity index is 545. The van der Waals surface area contributed by atoms with Gasteiger partial charge >= 0.3 is 0 Å². The fourth-order valence-corrected chi connectivity index (χ4v) is 4.18. The van der Waals surface area contributed by atoms with Crippen molar-refractivity contribution in [1.29, 1.82) is 0 Å². The van der Waals surface area contributed by atoms with Crippen molar-refractivity contribution in [2.75, 3.05) is 25.0 Å². The number of hydrogen-bond acceptors (Lipinski definition) is 3. The van der Waals surface area contributed by atoms with E-state index in [0.29, 0.717) is 12.1 Å². The number of piperidine rings is 1. The van der Waals surface area contributed by atoms with Crippen LogP contribution in [0, 0.1) is 0 Å². The molecule has 4 rings (SSSR count). The van der Waals surface area contributed by atoms with Gasteiger partial charge in [0.05, 0.1) is 5.92 Å². The summed E-state index contributed by atoms with van der Waals surface area (Å²) in [5.74, 6) is 0.173. The van der Waals surface area contributed by atoms with Crippen molar-refractivity contribution in [1.82, 2.24) is 10.2 Å². The normalized spacial score (nSPS) is 31.3. The van der Waals surface area contributed by atoms with E-state index in [4.69, 9.17) is 0 Å². The maximum Gasteiger partial charge on any atom is 0.229 e. The van der Waals surface area contributed by atoms with Crippen molar-refractivity contribution in [3.05, 3.63) is 29.8 Å². The van der Waals surface area contributed by atoms with Crippen molar-refractivity contribution < 1.29 is 4.79 Å². The van der Waals surface area contributed by atoms with Gasteiger partial charge in [-0.05, 0) is 43.9 Å². The van der Waals surface area contributed by atoms with Gasteiger partial charge in [-0.15, -0.1) is 0 Å². The molecule has 2 fully saturated rings. The van der Waals surface area contributed by atoms with Crippen molar-refractivity contribution >= 4 is 11.6 Å². The first kappa shape index (κ1) is 13.1. The molecule has 1 amide bonds. The monoisotopic (exact) mass is 285 g/mol. The molecule has 1 aromatic rings. The summed E-state index contributed by atoms with van der Waals surface area (Å²) in [7, 11) is 0. The Morgan fingerprint density at radius 2 is 2.14 bits per heavy atom. The molecule has 3 atom stereocenters. The summed E-state index contributed by atoms with van der Waals surface area (Å²) < 4.78 is 0. The van der Waals surface area contributed by atoms with E-state index in [-0.39, 0.29) is 11.8 Å². The Kier molecular flexibility index (Phi) is 3.34. The standard InChI is InChI=1S/C17H23N3O/c21-17(15-11-18-16-6-2-1-5-14(15)16)19-12-7-9-20-8-3-4-13(20)10-12/h1-2,5-6,12-13,15,18H,3-4,7-11H2,(H,19,21). The molecule has 21 heavy (non-hydrogen) atoms. The lowest BCUT2D eigenvalue weighted by molar-refractivity contribution is -0.123. The molecule has 112 valence electrons. The number of para-hydroxylation sites is 1. The summed E-state index contributed by atoms with van der Waals surface area (Å²) in [6, 6.07) is 9.23. The molecule has 1 aromatic carbocycles. The molecule has 0 saturated carbocycles. The molecule has 4 heteroatoms. The van der Waals surface area contributed by atoms with Gasteiger partial charge in [0, 0.05) is 30.9 Å². The quantitative estimate of drug-likeness (QED) is 0.873. The van der Waals surface area contributed by atoms with E-state index in [1.165, 1.54) is 19.4 Å². The van der Waals surface area contributed by atoms with Gasteiger partial charge in [-0.3, -0.25) is 4.79 Å². The molecule has 3 aliphatic rings. The van der Waals surface area contributed by atoms with E-state index in [2.05, 4.69) is 27.7 Å². The Balaban J connectivity index is 1.40. The Labute approximate surface area is 125 Å². The lowest BCUT2D eigenvalue weighted by atomic mass is 9.95. The van der Waals surface area contributed by atoms with Gasteiger partial charge in [0.15, 0.2) is 0 Å². The minimum atomic E-state index is -0.0252. The van der Waals surface area contributed by atoms with Crippen LogP contribution in [-0.4, -0.2) is 42.5 Å². The molecule has 3 aliphatic heterocycles. The fourth-order valence-electron chi connectivity index (χ4n) is 4.18. The zero-order valence-electron chi connectivity index (χ0n) is 12.3. The van der Waals surface area contributed by atoms with Crippen LogP contribution in [0.3, 0.4) is 0 Å². The number of anilines is 1. The number of nitrogens with zero attached hydrogens (tertiary/aromatic N) is 1. The van der Waals surface area contributed by atoms with Crippen LogP contribution in [-0.2, 0) is 4.79 Å². The predicted molar refractivity (Wildman–Crippen MR) is 83.4 cm³/mol. The van der Waals surface area contributed by atoms with Crippen LogP contribution in [0.1, 0.15) is 37.2 Å². The summed E-state index contributed by atoms with van der Waals surface area (Å²) in [6.07, 6.45) is 4.86. The molecule has 3 heterocycles. The van der Waals surface area contributed by atoms with Crippen LogP contribution in [0.15, 0.2) is 24.3 Å². The molecule has 0 aliphatic carbocycles. The Morgan fingerprint density at radius 1 is 1.24 bits per heavy atom. The zero-order valence-corrected chi connectivity index (χ0v) is 12.3. The van der Waals surface area contributed by atoms with E-state index in [9.17, 15) is 4.79 Å². The highest BCUT2D eigenvalue weighted by molar-refractivity contribution is 5.88. The summed E-state index contributed by atoms with van der Waals surface area (Å²) >= 11 is 0. The summed E-state index contributed by atoms with van der Waals surface area (Å²) in [6.45, 7) is 3.13. The predicted octanol–water partition coefficient (Wildman–Crippen LogP) is 1.94. The van der Waals surface area contributed by atoms with Gasteiger partial charge in [0.25, 0.3) is 0 Å². The second-order valence-electron chi connectivity index (χ2n) is 6.58. The first-order chi connectivity index (χ1) is 10.3. The number of fused-ring (bicyclic) bond motifs is 2. The second kappa shape index (κ2) is 5.34. The molecule has 2 N–H and O–H groups in total. The van der Waals surface area contributed by atoms with Crippen molar-refractivity contribution in [3.8, 4) is 0 Å². The lowest BCUT2D eigenvalue weighted by Gasteiger charge is -2.35. The molecule has 0 radical (unpaired) electrons. The minimum Gasteiger partial charge on any atom is -0.384 e. The Hall–Kier alpha value is -1.55. The molecule has 0 aromatic heterocycles. The highest BCUT2D eigenvalue weighted by Crippen LogP contribution is 2.32. The first-order valence-corrected chi connectivity index (χ1v) is 8.18. The van der Waals surface area contributed by atoms with Crippen molar-refractivity contribution in [2.24, 2.45) is 0 Å². The van der Waals surface area contributed by atoms with Gasteiger partial charge in [0.1, 0.15) is 0 Å². The van der Waals surface area contributed by atoms with E-state index in [0.717, 1.165) is 37.2 Å². The van der Waals surface area contributed by atoms with Crippen LogP contribution in [0.4, 0.5) is 5.69 Å². The highest BCUT2D eigenvalue weighted by atomic mass is 16.2. The van der Waals surface area contributed by atoms with Gasteiger partial charge < -0.3 is 15.5 Å². The van der Waals surface area contributed by atoms with Gasteiger partial charge in [0.2, 0.25) is 5.91 Å². The maximum absolute atomic E-state index is 12.6. The zero-order chi connectivity index (χ0) is 14.2. The van der Waals surface area contributed by atoms with E-state index < -0.39 is 0 Å². The minimum absolute atomic E-state index is 0.0252. The summed E-state index contributed by atoms with van der Waals surface area (Å²) in [5.41, 5.74) is 2.26. The van der Waals surface area contributed by atoms with Crippen LogP contribution < -0.4 is 10.6 Å². The topological polar surface area (TPSA) is 44.4 Å². The third-order valence-corrected chi connectivity index (χ3v) is 5.32. The summed E-state index contributed by atoms with van der Waals surface area (Å²) in [5, 5.41) is 6.65. The third kappa shape index (κ3) is 2.42. The third-order valence-electron chi connectivity index (χ3n) is 5.32. The molecule has 3 unspecified atom stereocenters. The van der Waals surface area contributed by atoms with E-state index in [1.807, 2.05) is 12.1 Å². The molecule has 0 bridgehead atoms. The number of benzene rings is 1. The number of rotatable bonds is 2. The fraction of sp³-hybridized carbons (Fsp3) is 0.588. The molecule has 0 spiro atoms. The average molecular weight is 285 g/mol. The maximum atomic E-state index is 12.6. The van der Waals surface area contributed by atoms with Crippen LogP contribution in [0.2, 0.25) is 0 Å². The van der Waals surface area contributed by atoms with Crippen LogP contribution in [0.5, 0.6) is 0 Å². The smallest absolute Gasteiger partial charge is 0.229 e. The van der Waals surface area contributed by atoms with Crippen LogP contribution >= 0.6 is 0 Å². The number of carbonyl (C=O) groups is 1. The van der Waals surface area contributed by atoms with Crippen LogP contribution in [0.25, 0.3) is 0 Å². The van der Waals surface area contributed by atoms with Gasteiger partial charge in [-0.25, -0.2) is 0 Å². The first-order valence-electron chi connectivity index (χ1n) is 8.18. The van der Waals surface area contributed by atoms with E-state index >= 15 is 0 Å². The molecular formula is C17H23N3O. The van der Waals surface area contributed by atoms with Gasteiger partial charge in [-0.2, -0.15) is 0 Å². The van der Waals surface area contributed by atoms with Crippen molar-refractivity contribution in [2.45, 2.75) is 43.7 Å². The largest absolute Gasteiger partial charge is 0.384 e. The SMILES string of the molecule is O=C(NC1CCN2CCCC2C1)C1CNc2ccccc21. The number of nitrogens with one attached hydrogen (secondary N) is 2. The number of amides is 1. The van der Waals surface area contributed by atoms with Gasteiger partial charge in [-0.1, -0.05) is 18.2 Å². The molecular weight excluding hydrogens is 262 g/mol. The average Bonchev–Trinajstić information content (AvgIpc) is 3.13. The Morgan fingerprint density at radius 3 is 3.10 bits per heavy atom. The lowest BCUT2D eigenvalue weighted by Crippen LogP contribution is -2.48. The van der Waals surface area contributed by atoms with E-state index in [1.54, 1.807) is 0 Å². The number of hydrogen-bond donors (Lipinski definition) is 2. The molecule has 2 saturated heterocycles. The second-order valence-corrected chi connectivity index (χ2v) is 6.58.